The number of carbonyl (C=O) groups excluding carboxylic acids is 1. The Morgan fingerprint density at radius 1 is 1.19 bits per heavy atom. The zero-order valence-electron chi connectivity index (χ0n) is 15.2. The maximum Gasteiger partial charge on any atom is 0.254 e. The van der Waals surface area contributed by atoms with Gasteiger partial charge in [0.25, 0.3) is 5.91 Å². The van der Waals surface area contributed by atoms with E-state index < -0.39 is 0 Å². The molecule has 2 aromatic carbocycles. The smallest absolute Gasteiger partial charge is 0.254 e. The molecule has 0 bridgehead atoms. The van der Waals surface area contributed by atoms with Gasteiger partial charge in [0.15, 0.2) is 0 Å². The first-order valence-corrected chi connectivity index (χ1v) is 9.19. The largest absolute Gasteiger partial charge is 0.494 e. The van der Waals surface area contributed by atoms with E-state index in [1.807, 2.05) is 54.3 Å². The van der Waals surface area contributed by atoms with Crippen LogP contribution in [0.1, 0.15) is 42.1 Å². The summed E-state index contributed by atoms with van der Waals surface area (Å²) in [5.74, 6) is 1.77. The summed E-state index contributed by atoms with van der Waals surface area (Å²) in [5, 5.41) is 4.09. The number of nitrogens with zero attached hydrogens (tertiary/aromatic N) is 3. The molecule has 27 heavy (non-hydrogen) atoms. The zero-order valence-corrected chi connectivity index (χ0v) is 15.2. The Labute approximate surface area is 157 Å². The van der Waals surface area contributed by atoms with E-state index in [2.05, 4.69) is 10.1 Å². The summed E-state index contributed by atoms with van der Waals surface area (Å²) in [6.07, 6.45) is 1.73. The summed E-state index contributed by atoms with van der Waals surface area (Å²) < 4.78 is 10.9. The highest BCUT2D eigenvalue weighted by molar-refractivity contribution is 5.94. The fourth-order valence-electron chi connectivity index (χ4n) is 3.37. The minimum Gasteiger partial charge on any atom is -0.494 e. The SMILES string of the molecule is CCOc1ccc(C(=O)N2CCC[C@H]2c2nc(-c3ccccc3)no2)cc1. The predicted molar refractivity (Wildman–Crippen MR) is 100 cm³/mol. The first kappa shape index (κ1) is 17.3. The van der Waals surface area contributed by atoms with Crippen molar-refractivity contribution in [1.82, 2.24) is 15.0 Å². The van der Waals surface area contributed by atoms with Crippen LogP contribution in [0.2, 0.25) is 0 Å². The van der Waals surface area contributed by atoms with Gasteiger partial charge in [0.1, 0.15) is 11.8 Å². The molecular formula is C21H21N3O3. The van der Waals surface area contributed by atoms with E-state index in [-0.39, 0.29) is 11.9 Å². The van der Waals surface area contributed by atoms with Gasteiger partial charge in [-0.2, -0.15) is 4.98 Å². The van der Waals surface area contributed by atoms with Gasteiger partial charge in [-0.05, 0) is 44.0 Å². The monoisotopic (exact) mass is 363 g/mol. The number of ether oxygens (including phenoxy) is 1. The van der Waals surface area contributed by atoms with Crippen molar-refractivity contribution < 1.29 is 14.1 Å². The average molecular weight is 363 g/mol. The molecule has 1 fully saturated rings. The number of amides is 1. The Bertz CT molecular complexity index is 906. The molecule has 1 atom stereocenters. The highest BCUT2D eigenvalue weighted by Gasteiger charge is 2.34. The number of rotatable bonds is 5. The fraction of sp³-hybridized carbons (Fsp3) is 0.286. The Morgan fingerprint density at radius 3 is 2.70 bits per heavy atom. The van der Waals surface area contributed by atoms with Crippen molar-refractivity contribution in [2.45, 2.75) is 25.8 Å². The number of hydrogen-bond donors (Lipinski definition) is 0. The van der Waals surface area contributed by atoms with Crippen molar-refractivity contribution in [3.8, 4) is 17.1 Å². The molecule has 6 heteroatoms. The van der Waals surface area contributed by atoms with Gasteiger partial charge < -0.3 is 14.2 Å². The molecule has 0 unspecified atom stereocenters. The van der Waals surface area contributed by atoms with E-state index in [1.165, 1.54) is 0 Å². The maximum absolute atomic E-state index is 13.0. The second kappa shape index (κ2) is 7.61. The van der Waals surface area contributed by atoms with E-state index in [9.17, 15) is 4.79 Å². The normalized spacial score (nSPS) is 16.5. The highest BCUT2D eigenvalue weighted by Crippen LogP contribution is 2.33. The quantitative estimate of drug-likeness (QED) is 0.682. The summed E-state index contributed by atoms with van der Waals surface area (Å²) >= 11 is 0. The third-order valence-corrected chi connectivity index (χ3v) is 4.68. The molecule has 0 spiro atoms. The van der Waals surface area contributed by atoms with Crippen molar-refractivity contribution in [2.24, 2.45) is 0 Å². The van der Waals surface area contributed by atoms with Gasteiger partial charge in [-0.15, -0.1) is 0 Å². The molecule has 6 nitrogen and oxygen atoms in total. The van der Waals surface area contributed by atoms with Gasteiger partial charge in [0.05, 0.1) is 6.61 Å². The van der Waals surface area contributed by atoms with E-state index >= 15 is 0 Å². The maximum atomic E-state index is 13.0. The minimum atomic E-state index is -0.186. The molecule has 0 saturated carbocycles. The molecule has 1 saturated heterocycles. The summed E-state index contributed by atoms with van der Waals surface area (Å²) in [6.45, 7) is 3.21. The lowest BCUT2D eigenvalue weighted by atomic mass is 10.1. The van der Waals surface area contributed by atoms with E-state index in [1.54, 1.807) is 12.1 Å². The second-order valence-electron chi connectivity index (χ2n) is 6.44. The molecule has 0 N–H and O–H groups in total. The Balaban J connectivity index is 1.54. The topological polar surface area (TPSA) is 68.5 Å². The Hall–Kier alpha value is -3.15. The number of carbonyl (C=O) groups is 1. The molecule has 4 rings (SSSR count). The number of aromatic nitrogens is 2. The van der Waals surface area contributed by atoms with Crippen LogP contribution in [-0.4, -0.2) is 34.1 Å². The first-order chi connectivity index (χ1) is 13.3. The number of hydrogen-bond acceptors (Lipinski definition) is 5. The van der Waals surface area contributed by atoms with Crippen molar-refractivity contribution in [3.05, 3.63) is 66.1 Å². The van der Waals surface area contributed by atoms with Crippen LogP contribution in [0, 0.1) is 0 Å². The van der Waals surface area contributed by atoms with E-state index in [4.69, 9.17) is 9.26 Å². The predicted octanol–water partition coefficient (Wildman–Crippen LogP) is 4.11. The lowest BCUT2D eigenvalue weighted by Crippen LogP contribution is -2.30. The van der Waals surface area contributed by atoms with Crippen molar-refractivity contribution >= 4 is 5.91 Å². The molecular weight excluding hydrogens is 342 g/mol. The summed E-state index contributed by atoms with van der Waals surface area (Å²) in [5.41, 5.74) is 1.53. The summed E-state index contributed by atoms with van der Waals surface area (Å²) in [4.78, 5) is 19.3. The van der Waals surface area contributed by atoms with E-state index in [0.717, 1.165) is 24.2 Å². The van der Waals surface area contributed by atoms with Gasteiger partial charge in [-0.1, -0.05) is 35.5 Å². The van der Waals surface area contributed by atoms with Crippen molar-refractivity contribution in [3.63, 3.8) is 0 Å². The van der Waals surface area contributed by atoms with Gasteiger partial charge >= 0.3 is 0 Å². The molecule has 3 aromatic rings. The van der Waals surface area contributed by atoms with Crippen LogP contribution in [0.25, 0.3) is 11.4 Å². The van der Waals surface area contributed by atoms with Gasteiger partial charge in [0.2, 0.25) is 11.7 Å². The van der Waals surface area contributed by atoms with Crippen molar-refractivity contribution in [1.29, 1.82) is 0 Å². The van der Waals surface area contributed by atoms with Crippen LogP contribution in [-0.2, 0) is 0 Å². The average Bonchev–Trinajstić information content (AvgIpc) is 3.38. The zero-order chi connectivity index (χ0) is 18.6. The number of likely N-dealkylation sites (tertiary alicyclic amines) is 1. The standard InChI is InChI=1S/C21H21N3O3/c1-2-26-17-12-10-16(11-13-17)21(25)24-14-6-9-18(24)20-22-19(23-27-20)15-7-4-3-5-8-15/h3-5,7-8,10-13,18H,2,6,9,14H2,1H3/t18-/m0/s1. The number of benzene rings is 2. The molecule has 1 aliphatic heterocycles. The Kier molecular flexibility index (Phi) is 4.87. The lowest BCUT2D eigenvalue weighted by Gasteiger charge is -2.22. The van der Waals surface area contributed by atoms with E-state index in [0.29, 0.717) is 30.4 Å². The second-order valence-corrected chi connectivity index (χ2v) is 6.44. The van der Waals surface area contributed by atoms with Gasteiger partial charge in [-0.3, -0.25) is 4.79 Å². The molecule has 0 radical (unpaired) electrons. The Morgan fingerprint density at radius 2 is 1.96 bits per heavy atom. The lowest BCUT2D eigenvalue weighted by molar-refractivity contribution is 0.0710. The third kappa shape index (κ3) is 3.56. The van der Waals surface area contributed by atoms with Crippen LogP contribution >= 0.6 is 0 Å². The minimum absolute atomic E-state index is 0.0278. The molecule has 2 heterocycles. The molecule has 1 amide bonds. The fourth-order valence-corrected chi connectivity index (χ4v) is 3.37. The van der Waals surface area contributed by atoms with Crippen LogP contribution < -0.4 is 4.74 Å². The molecule has 1 aromatic heterocycles. The molecule has 1 aliphatic rings. The van der Waals surface area contributed by atoms with Crippen LogP contribution in [0.3, 0.4) is 0 Å². The van der Waals surface area contributed by atoms with Crippen LogP contribution in [0.4, 0.5) is 0 Å². The van der Waals surface area contributed by atoms with Crippen LogP contribution in [0.15, 0.2) is 59.1 Å². The molecule has 0 aliphatic carbocycles. The summed E-state index contributed by atoms with van der Waals surface area (Å²) in [6, 6.07) is 16.7. The van der Waals surface area contributed by atoms with Gasteiger partial charge in [0, 0.05) is 17.7 Å². The van der Waals surface area contributed by atoms with Crippen LogP contribution in [0.5, 0.6) is 5.75 Å². The summed E-state index contributed by atoms with van der Waals surface area (Å²) in [7, 11) is 0. The first-order valence-electron chi connectivity index (χ1n) is 9.19. The third-order valence-electron chi connectivity index (χ3n) is 4.68. The van der Waals surface area contributed by atoms with Crippen molar-refractivity contribution in [2.75, 3.05) is 13.2 Å². The molecule has 138 valence electrons. The van der Waals surface area contributed by atoms with Gasteiger partial charge in [-0.25, -0.2) is 0 Å². The highest BCUT2D eigenvalue weighted by atomic mass is 16.5.